The second-order valence-electron chi connectivity index (χ2n) is 19.3. The number of rotatable bonds is 8. The van der Waals surface area contributed by atoms with Crippen molar-refractivity contribution < 1.29 is 115 Å². The number of hydrogen-bond acceptors (Lipinski definition) is 1. The molecule has 0 saturated heterocycles. The number of pyridine rings is 1. The fourth-order valence-corrected chi connectivity index (χ4v) is 10.1. The van der Waals surface area contributed by atoms with E-state index in [1.54, 1.807) is 0 Å². The van der Waals surface area contributed by atoms with E-state index >= 15 is 0 Å². The van der Waals surface area contributed by atoms with Gasteiger partial charge >= 0.3 is 49.4 Å². The Kier molecular flexibility index (Phi) is 16.9. The van der Waals surface area contributed by atoms with Gasteiger partial charge in [0.05, 0.1) is 49.9 Å². The molecule has 0 amide bonds. The number of hydrogen-bond donors (Lipinski definition) is 0. The van der Waals surface area contributed by atoms with Crippen molar-refractivity contribution in [3.63, 3.8) is 0 Å². The predicted octanol–water partition coefficient (Wildman–Crippen LogP) is 16.2. The predicted molar refractivity (Wildman–Crippen MR) is 251 cm³/mol. The first-order chi connectivity index (χ1) is 37.6. The van der Waals surface area contributed by atoms with Gasteiger partial charge in [-0.25, -0.2) is 0 Å². The van der Waals surface area contributed by atoms with Crippen LogP contribution >= 0.6 is 0 Å². The molecule has 1 aliphatic carbocycles. The van der Waals surface area contributed by atoms with E-state index in [1.807, 2.05) is 18.2 Å². The summed E-state index contributed by atoms with van der Waals surface area (Å²) in [6, 6.07) is 12.0. The van der Waals surface area contributed by atoms with Crippen LogP contribution < -0.4 is 26.4 Å². The summed E-state index contributed by atoms with van der Waals surface area (Å²) in [4.78, 5) is 13.4. The van der Waals surface area contributed by atoms with Gasteiger partial charge in [-0.15, -0.1) is 0 Å². The fourth-order valence-electron chi connectivity index (χ4n) is 10.1. The Morgan fingerprint density at radius 3 is 0.976 bits per heavy atom. The number of alkyl halides is 24. The normalized spacial score (nSPS) is 14.6. The maximum absolute atomic E-state index is 14.2. The van der Waals surface area contributed by atoms with Crippen molar-refractivity contribution in [3.05, 3.63) is 195 Å². The van der Waals surface area contributed by atoms with E-state index in [1.165, 1.54) is 24.8 Å². The second-order valence-corrected chi connectivity index (χ2v) is 19.3. The van der Waals surface area contributed by atoms with Crippen molar-refractivity contribution in [2.24, 2.45) is 5.92 Å². The van der Waals surface area contributed by atoms with Gasteiger partial charge in [0.15, 0.2) is 12.7 Å². The molecular formula is C55H36BF24NO. The minimum Gasteiger partial charge on any atom is -0.287 e. The van der Waals surface area contributed by atoms with E-state index in [-0.39, 0.29) is 5.92 Å². The van der Waals surface area contributed by atoms with E-state index in [0.29, 0.717) is 5.78 Å². The number of carbonyl (C=O) groups is 1. The number of Topliss-reactive ketones (excluding diaryl/α,β-unsaturated/α-hetero) is 1. The summed E-state index contributed by atoms with van der Waals surface area (Å²) in [5.41, 5.74) is -28.1. The number of aromatic nitrogens is 1. The maximum Gasteiger partial charge on any atom is 0.416 e. The number of halogens is 24. The van der Waals surface area contributed by atoms with Crippen molar-refractivity contribution in [2.45, 2.75) is 88.1 Å². The minimum absolute atomic E-state index is 0.182. The highest BCUT2D eigenvalue weighted by atomic mass is 19.4. The first-order valence-corrected chi connectivity index (χ1v) is 23.9. The molecule has 0 N–H and O–H groups in total. The van der Waals surface area contributed by atoms with Gasteiger partial charge in [-0.1, -0.05) is 116 Å². The van der Waals surface area contributed by atoms with Gasteiger partial charge in [0, 0.05) is 17.5 Å². The molecule has 0 radical (unpaired) electrons. The molecule has 438 valence electrons. The molecule has 1 fully saturated rings. The van der Waals surface area contributed by atoms with Gasteiger partial charge in [0.2, 0.25) is 5.78 Å². The summed E-state index contributed by atoms with van der Waals surface area (Å²) in [6.45, 7) is 0.736. The zero-order valence-electron chi connectivity index (χ0n) is 41.1. The van der Waals surface area contributed by atoms with Crippen LogP contribution in [0.25, 0.3) is 10.8 Å². The Bertz CT molecular complexity index is 3010. The molecule has 7 aromatic rings. The molecule has 1 heterocycles. The summed E-state index contributed by atoms with van der Waals surface area (Å²) >= 11 is 0. The highest BCUT2D eigenvalue weighted by Crippen LogP contribution is 2.42. The lowest BCUT2D eigenvalue weighted by Crippen LogP contribution is -2.75. The lowest BCUT2D eigenvalue weighted by atomic mass is 9.12. The van der Waals surface area contributed by atoms with E-state index in [2.05, 4.69) is 53.2 Å². The Labute approximate surface area is 447 Å². The van der Waals surface area contributed by atoms with Gasteiger partial charge in [-0.05, 0) is 48.6 Å². The smallest absolute Gasteiger partial charge is 0.287 e. The number of carbonyl (C=O) groups excluding carboxylic acids is 1. The molecule has 0 atom stereocenters. The van der Waals surface area contributed by atoms with E-state index in [4.69, 9.17) is 0 Å². The third-order valence-corrected chi connectivity index (χ3v) is 13.8. The third kappa shape index (κ3) is 13.8. The second kappa shape index (κ2) is 22.2. The number of benzene rings is 6. The fraction of sp³-hybridized carbons (Fsp3) is 0.273. The van der Waals surface area contributed by atoms with E-state index in [9.17, 15) is 110 Å². The quantitative estimate of drug-likeness (QED) is 0.0643. The molecule has 0 aliphatic heterocycles. The molecule has 0 bridgehead atoms. The Morgan fingerprint density at radius 1 is 0.378 bits per heavy atom. The molecule has 0 unspecified atom stereocenters. The van der Waals surface area contributed by atoms with Gasteiger partial charge in [0.1, 0.15) is 6.15 Å². The van der Waals surface area contributed by atoms with Gasteiger partial charge < -0.3 is 0 Å². The molecule has 6 aromatic carbocycles. The zero-order valence-corrected chi connectivity index (χ0v) is 41.1. The molecule has 27 heteroatoms. The number of fused-ring (bicyclic) bond motifs is 1. The summed E-state index contributed by atoms with van der Waals surface area (Å²) in [5, 5.41) is 2.22. The Morgan fingerprint density at radius 2 is 0.671 bits per heavy atom. The van der Waals surface area contributed by atoms with Crippen LogP contribution in [0.4, 0.5) is 105 Å². The molecule has 0 spiro atoms. The highest BCUT2D eigenvalue weighted by Gasteiger charge is 2.47. The molecule has 1 saturated carbocycles. The summed E-state index contributed by atoms with van der Waals surface area (Å²) in [7, 11) is 0. The number of ketones is 1. The molecular weight excluding hydrogens is 1160 g/mol. The monoisotopic (exact) mass is 1190 g/mol. The molecule has 82 heavy (non-hydrogen) atoms. The van der Waals surface area contributed by atoms with Crippen molar-refractivity contribution in [1.29, 1.82) is 0 Å². The Balaban J connectivity index is 0.000000318. The minimum atomic E-state index is -6.13. The van der Waals surface area contributed by atoms with Crippen molar-refractivity contribution in [2.75, 3.05) is 0 Å². The van der Waals surface area contributed by atoms with Crippen LogP contribution in [0.15, 0.2) is 140 Å². The summed E-state index contributed by atoms with van der Waals surface area (Å²) in [6.07, 6.45) is -47.0. The molecule has 8 rings (SSSR count). The van der Waals surface area contributed by atoms with Gasteiger partial charge in [-0.3, -0.25) is 4.79 Å². The SMILES string of the molecule is FC(F)(F)c1cc([B-](c2cc(C(F)(F)F)cc(C(F)(F)F)c2)(c2cc(C(F)(F)F)cc(C(F)(F)F)c2)c2cc(C(F)(F)F)cc(C(F)(F)F)c2)cc(C(F)(F)F)c1.O=C(c1c2ccccc2cc[n+]1Cc1ccccc1)C1CCCCC1. The van der Waals surface area contributed by atoms with Crippen LogP contribution in [0.5, 0.6) is 0 Å². The maximum atomic E-state index is 14.2. The van der Waals surface area contributed by atoms with Crippen molar-refractivity contribution in [1.82, 2.24) is 0 Å². The van der Waals surface area contributed by atoms with Crippen molar-refractivity contribution >= 4 is 44.6 Å². The van der Waals surface area contributed by atoms with E-state index in [0.717, 1.165) is 35.9 Å². The van der Waals surface area contributed by atoms with Crippen LogP contribution in [0.3, 0.4) is 0 Å². The molecule has 1 aromatic heterocycles. The molecule has 1 aliphatic rings. The summed E-state index contributed by atoms with van der Waals surface area (Å²) in [5.74, 6) is 0.508. The third-order valence-electron chi connectivity index (χ3n) is 13.8. The van der Waals surface area contributed by atoms with Crippen LogP contribution in [0, 0.1) is 5.92 Å². The van der Waals surface area contributed by atoms with Crippen LogP contribution in [-0.2, 0) is 56.0 Å². The molecule has 2 nitrogen and oxygen atoms in total. The topological polar surface area (TPSA) is 20.9 Å². The summed E-state index contributed by atoms with van der Waals surface area (Å²) < 4.78 is 343. The first kappa shape index (κ1) is 62.4. The average molecular weight is 1190 g/mol. The van der Waals surface area contributed by atoms with E-state index < -0.39 is 195 Å². The zero-order chi connectivity index (χ0) is 61.0. The van der Waals surface area contributed by atoms with Crippen LogP contribution in [0.1, 0.15) is 92.7 Å². The average Bonchev–Trinajstić information content (AvgIpc) is 1.85. The Hall–Kier alpha value is -7.22. The first-order valence-electron chi connectivity index (χ1n) is 23.9. The lowest BCUT2D eigenvalue weighted by molar-refractivity contribution is -0.688. The van der Waals surface area contributed by atoms with Gasteiger partial charge in [-0.2, -0.15) is 132 Å². The lowest BCUT2D eigenvalue weighted by Gasteiger charge is -2.46. The standard InChI is InChI=1S/C32H12BF24.C23H24NO/c34-25(35,36)13-1-14(26(37,38)39)6-21(5-13)33(22-7-15(27(40,41)42)2-16(8-22)28(43,44)45,23-9-17(29(46,47)48)3-18(10-23)30(49,50)51)24-11-19(31(52,53)54)4-20(12-24)32(55,56)57;25-23(20-12-5-2-6-13-20)22-21-14-8-7-11-19(21)15-16-24(22)17-18-9-3-1-4-10-18/h1-12H;1,3-4,7-11,14-16,20H,2,5-6,12-13,17H2/q-1;+1. The van der Waals surface area contributed by atoms with Gasteiger partial charge in [0.25, 0.3) is 5.69 Å². The largest absolute Gasteiger partial charge is 0.416 e. The number of nitrogens with zero attached hydrogens (tertiary/aromatic N) is 1. The van der Waals surface area contributed by atoms with Crippen molar-refractivity contribution in [3.8, 4) is 0 Å². The van der Waals surface area contributed by atoms with Crippen LogP contribution in [-0.4, -0.2) is 11.9 Å². The van der Waals surface area contributed by atoms with Crippen LogP contribution in [0.2, 0.25) is 0 Å². The highest BCUT2D eigenvalue weighted by molar-refractivity contribution is 7.20.